The Morgan fingerprint density at radius 3 is 2.46 bits per heavy atom. The molecule has 1 spiro atoms. The molecule has 3 fully saturated rings. The highest BCUT2D eigenvalue weighted by Crippen LogP contribution is 2.40. The number of piperidine rings is 1. The minimum Gasteiger partial charge on any atom is -0.492 e. The maximum Gasteiger partial charge on any atom is 0.243 e. The number of aliphatic hydroxyl groups excluding tert-OH is 1. The smallest absolute Gasteiger partial charge is 0.243 e. The summed E-state index contributed by atoms with van der Waals surface area (Å²) < 4.78 is 18.8. The Morgan fingerprint density at radius 2 is 1.75 bits per heavy atom. The number of hydrogen-bond acceptors (Lipinski definition) is 4. The summed E-state index contributed by atoms with van der Waals surface area (Å²) in [7, 11) is 0. The monoisotopic (exact) mass is 390 g/mol. The second-order valence-corrected chi connectivity index (χ2v) is 8.49. The lowest BCUT2D eigenvalue weighted by Gasteiger charge is -2.48. The zero-order valence-corrected chi connectivity index (χ0v) is 16.5. The summed E-state index contributed by atoms with van der Waals surface area (Å²) in [5.41, 5.74) is -0.375. The summed E-state index contributed by atoms with van der Waals surface area (Å²) in [5, 5.41) is 9.80. The van der Waals surface area contributed by atoms with Crippen LogP contribution in [0.5, 0.6) is 5.75 Å². The maximum absolute atomic E-state index is 13.6. The highest BCUT2D eigenvalue weighted by atomic mass is 19.1. The van der Waals surface area contributed by atoms with Crippen LogP contribution in [0, 0.1) is 5.82 Å². The van der Waals surface area contributed by atoms with Gasteiger partial charge in [-0.15, -0.1) is 0 Å². The van der Waals surface area contributed by atoms with Gasteiger partial charge < -0.3 is 14.7 Å². The molecule has 2 heterocycles. The van der Waals surface area contributed by atoms with E-state index in [1.807, 2.05) is 0 Å². The predicted molar refractivity (Wildman–Crippen MR) is 105 cm³/mol. The number of carbonyl (C=O) groups excluding carboxylic acids is 1. The maximum atomic E-state index is 13.6. The second kappa shape index (κ2) is 8.37. The molecule has 1 saturated carbocycles. The average molecular weight is 390 g/mol. The van der Waals surface area contributed by atoms with Crippen LogP contribution in [0.2, 0.25) is 0 Å². The van der Waals surface area contributed by atoms with Gasteiger partial charge in [-0.2, -0.15) is 0 Å². The third-order valence-electron chi connectivity index (χ3n) is 6.82. The van der Waals surface area contributed by atoms with Crippen molar-refractivity contribution in [1.29, 1.82) is 0 Å². The van der Waals surface area contributed by atoms with Crippen molar-refractivity contribution in [2.75, 3.05) is 26.2 Å². The SMILES string of the molecule is O=C1N(C2CCC(O)CC2)CCCC12CCCN2CCOc1ccc(F)cc1. The van der Waals surface area contributed by atoms with Gasteiger partial charge in [-0.25, -0.2) is 4.39 Å². The third kappa shape index (κ3) is 3.90. The zero-order valence-electron chi connectivity index (χ0n) is 16.5. The number of benzene rings is 1. The molecule has 3 aliphatic rings. The number of nitrogens with zero attached hydrogens (tertiary/aromatic N) is 2. The summed E-state index contributed by atoms with van der Waals surface area (Å²) >= 11 is 0. The van der Waals surface area contributed by atoms with Crippen molar-refractivity contribution in [3.05, 3.63) is 30.1 Å². The second-order valence-electron chi connectivity index (χ2n) is 8.49. The highest BCUT2D eigenvalue weighted by Gasteiger charge is 2.51. The van der Waals surface area contributed by atoms with Gasteiger partial charge in [0.2, 0.25) is 5.91 Å². The number of halogens is 1. The van der Waals surface area contributed by atoms with Gasteiger partial charge in [0, 0.05) is 19.1 Å². The number of aliphatic hydroxyl groups is 1. The van der Waals surface area contributed by atoms with Crippen molar-refractivity contribution >= 4 is 5.91 Å². The van der Waals surface area contributed by atoms with Crippen molar-refractivity contribution in [2.45, 2.75) is 69.1 Å². The normalized spacial score (nSPS) is 31.5. The van der Waals surface area contributed by atoms with Crippen molar-refractivity contribution in [3.8, 4) is 5.75 Å². The molecule has 4 rings (SSSR count). The molecule has 5 nitrogen and oxygen atoms in total. The van der Waals surface area contributed by atoms with E-state index >= 15 is 0 Å². The topological polar surface area (TPSA) is 53.0 Å². The lowest BCUT2D eigenvalue weighted by molar-refractivity contribution is -0.151. The molecule has 1 atom stereocenters. The molecule has 1 amide bonds. The molecule has 2 aliphatic heterocycles. The molecule has 2 saturated heterocycles. The van der Waals surface area contributed by atoms with E-state index in [1.165, 1.54) is 12.1 Å². The highest BCUT2D eigenvalue weighted by molar-refractivity contribution is 5.87. The van der Waals surface area contributed by atoms with Gasteiger partial charge in [-0.1, -0.05) is 0 Å². The molecule has 6 heteroatoms. The van der Waals surface area contributed by atoms with Gasteiger partial charge in [-0.05, 0) is 82.2 Å². The van der Waals surface area contributed by atoms with Crippen LogP contribution in [-0.4, -0.2) is 64.7 Å². The molecule has 0 aromatic heterocycles. The summed E-state index contributed by atoms with van der Waals surface area (Å²) in [6, 6.07) is 6.36. The van der Waals surface area contributed by atoms with E-state index < -0.39 is 0 Å². The van der Waals surface area contributed by atoms with Crippen LogP contribution < -0.4 is 4.74 Å². The molecule has 1 unspecified atom stereocenters. The lowest BCUT2D eigenvalue weighted by atomic mass is 9.82. The van der Waals surface area contributed by atoms with Crippen LogP contribution in [0.15, 0.2) is 24.3 Å². The van der Waals surface area contributed by atoms with Crippen molar-refractivity contribution in [2.24, 2.45) is 0 Å². The van der Waals surface area contributed by atoms with E-state index in [9.17, 15) is 14.3 Å². The van der Waals surface area contributed by atoms with E-state index in [0.717, 1.165) is 64.5 Å². The zero-order chi connectivity index (χ0) is 19.6. The average Bonchev–Trinajstić information content (AvgIpc) is 3.10. The van der Waals surface area contributed by atoms with E-state index in [0.29, 0.717) is 24.8 Å². The van der Waals surface area contributed by atoms with Gasteiger partial charge in [0.05, 0.1) is 6.10 Å². The van der Waals surface area contributed by atoms with Gasteiger partial charge in [0.25, 0.3) is 0 Å². The Morgan fingerprint density at radius 1 is 1.07 bits per heavy atom. The Balaban J connectivity index is 1.38. The van der Waals surface area contributed by atoms with E-state index in [2.05, 4.69) is 9.80 Å². The minimum absolute atomic E-state index is 0.198. The fraction of sp³-hybridized carbons (Fsp3) is 0.682. The number of likely N-dealkylation sites (tertiary alicyclic amines) is 2. The van der Waals surface area contributed by atoms with Gasteiger partial charge in [0.1, 0.15) is 23.7 Å². The molecule has 1 N–H and O–H groups in total. The van der Waals surface area contributed by atoms with Crippen LogP contribution >= 0.6 is 0 Å². The van der Waals surface area contributed by atoms with Crippen LogP contribution in [0.25, 0.3) is 0 Å². The first kappa shape index (κ1) is 19.6. The van der Waals surface area contributed by atoms with Crippen molar-refractivity contribution in [3.63, 3.8) is 0 Å². The summed E-state index contributed by atoms with van der Waals surface area (Å²) in [6.45, 7) is 2.98. The number of carbonyl (C=O) groups is 1. The number of ether oxygens (including phenoxy) is 1. The first-order chi connectivity index (χ1) is 13.6. The van der Waals surface area contributed by atoms with Gasteiger partial charge >= 0.3 is 0 Å². The molecule has 1 aromatic rings. The quantitative estimate of drug-likeness (QED) is 0.840. The fourth-order valence-electron chi connectivity index (χ4n) is 5.33. The molecule has 1 aliphatic carbocycles. The van der Waals surface area contributed by atoms with E-state index in [1.54, 1.807) is 12.1 Å². The first-order valence-corrected chi connectivity index (χ1v) is 10.7. The van der Waals surface area contributed by atoms with Crippen molar-refractivity contribution in [1.82, 2.24) is 9.80 Å². The molecule has 154 valence electrons. The number of amides is 1. The Kier molecular flexibility index (Phi) is 5.88. The predicted octanol–water partition coefficient (Wildman–Crippen LogP) is 2.97. The summed E-state index contributed by atoms with van der Waals surface area (Å²) in [4.78, 5) is 18.0. The Hall–Kier alpha value is -1.66. The molecular formula is C22H31FN2O3. The third-order valence-corrected chi connectivity index (χ3v) is 6.82. The summed E-state index contributed by atoms with van der Waals surface area (Å²) in [5.74, 6) is 0.681. The van der Waals surface area contributed by atoms with Crippen LogP contribution in [0.4, 0.5) is 4.39 Å². The van der Waals surface area contributed by atoms with Crippen LogP contribution in [-0.2, 0) is 4.79 Å². The minimum atomic E-state index is -0.375. The Bertz CT molecular complexity index is 675. The molecular weight excluding hydrogens is 359 g/mol. The standard InChI is InChI=1S/C22H31FN2O3/c23-17-3-9-20(10-4-17)28-16-15-24-13-1-11-22(24)12-2-14-25(21(22)27)18-5-7-19(26)8-6-18/h3-4,9-10,18-19,26H,1-2,5-8,11-16H2. The molecule has 0 radical (unpaired) electrons. The Labute approximate surface area is 166 Å². The molecule has 28 heavy (non-hydrogen) atoms. The van der Waals surface area contributed by atoms with E-state index in [-0.39, 0.29) is 23.5 Å². The molecule has 1 aromatic carbocycles. The largest absolute Gasteiger partial charge is 0.492 e. The van der Waals surface area contributed by atoms with Gasteiger partial charge in [-0.3, -0.25) is 9.69 Å². The number of rotatable bonds is 5. The molecule has 0 bridgehead atoms. The lowest BCUT2D eigenvalue weighted by Crippen LogP contribution is -2.62. The van der Waals surface area contributed by atoms with Crippen LogP contribution in [0.3, 0.4) is 0 Å². The van der Waals surface area contributed by atoms with Crippen LogP contribution in [0.1, 0.15) is 51.4 Å². The first-order valence-electron chi connectivity index (χ1n) is 10.7. The number of hydrogen-bond donors (Lipinski definition) is 1. The van der Waals surface area contributed by atoms with Crippen molar-refractivity contribution < 1.29 is 19.0 Å². The van der Waals surface area contributed by atoms with Gasteiger partial charge in [0.15, 0.2) is 0 Å². The fourth-order valence-corrected chi connectivity index (χ4v) is 5.33. The summed E-state index contributed by atoms with van der Waals surface area (Å²) in [6.07, 6.45) is 7.17. The van der Waals surface area contributed by atoms with E-state index in [4.69, 9.17) is 4.74 Å².